The second-order valence-electron chi connectivity index (χ2n) is 8.58. The third-order valence-electron chi connectivity index (χ3n) is 6.45. The first kappa shape index (κ1) is 24.1. The molecule has 0 amide bonds. The molecule has 0 radical (unpaired) electrons. The van der Waals surface area contributed by atoms with E-state index in [1.807, 2.05) is 12.1 Å². The summed E-state index contributed by atoms with van der Waals surface area (Å²) >= 11 is 0. The van der Waals surface area contributed by atoms with Crippen LogP contribution in [0.1, 0.15) is 12.0 Å². The van der Waals surface area contributed by atoms with Gasteiger partial charge in [-0.25, -0.2) is 0 Å². The Kier molecular flexibility index (Phi) is 6.78. The minimum atomic E-state index is 0. The van der Waals surface area contributed by atoms with E-state index < -0.39 is 0 Å². The maximum atomic E-state index is 9.85. The van der Waals surface area contributed by atoms with E-state index in [2.05, 4.69) is 35.0 Å². The third-order valence-corrected chi connectivity index (χ3v) is 6.45. The number of phenols is 1. The van der Waals surface area contributed by atoms with Crippen molar-refractivity contribution in [2.24, 2.45) is 0 Å². The SMILES string of the molecule is COc1ccc2cc3[n+](cc2c1OCCCOc1ccccc1O)CCc1cc2c(cc1-3)OCO2.[Br-]. The molecule has 0 fully saturated rings. The minimum Gasteiger partial charge on any atom is -1.00 e. The lowest BCUT2D eigenvalue weighted by molar-refractivity contribution is -0.686. The molecule has 6 rings (SSSR count). The van der Waals surface area contributed by atoms with Crippen molar-refractivity contribution in [1.82, 2.24) is 0 Å². The van der Waals surface area contributed by atoms with E-state index in [1.165, 1.54) is 11.1 Å². The van der Waals surface area contributed by atoms with Gasteiger partial charge in [0.15, 0.2) is 47.2 Å². The van der Waals surface area contributed by atoms with Crippen LogP contribution < -0.4 is 45.2 Å². The molecular weight excluding hydrogens is 526 g/mol. The number of aryl methyl sites for hydroxylation is 2. The van der Waals surface area contributed by atoms with E-state index in [4.69, 9.17) is 23.7 Å². The highest BCUT2D eigenvalue weighted by Crippen LogP contribution is 2.41. The first-order valence-corrected chi connectivity index (χ1v) is 11.7. The second kappa shape index (κ2) is 10.1. The largest absolute Gasteiger partial charge is 1.00 e. The Balaban J connectivity index is 0.00000267. The fourth-order valence-electron chi connectivity index (χ4n) is 4.70. The van der Waals surface area contributed by atoms with Crippen LogP contribution in [0.5, 0.6) is 34.5 Å². The van der Waals surface area contributed by atoms with E-state index in [9.17, 15) is 5.11 Å². The maximum Gasteiger partial charge on any atom is 0.231 e. The van der Waals surface area contributed by atoms with Gasteiger partial charge in [0.25, 0.3) is 0 Å². The van der Waals surface area contributed by atoms with Gasteiger partial charge < -0.3 is 45.8 Å². The molecule has 7 nitrogen and oxygen atoms in total. The van der Waals surface area contributed by atoms with Crippen LogP contribution in [0.4, 0.5) is 0 Å². The predicted molar refractivity (Wildman–Crippen MR) is 130 cm³/mol. The number of methoxy groups -OCH3 is 1. The Hall–Kier alpha value is -3.65. The van der Waals surface area contributed by atoms with E-state index >= 15 is 0 Å². The smallest absolute Gasteiger partial charge is 0.231 e. The molecule has 1 N–H and O–H groups in total. The standard InChI is InChI=1S/C28H25NO6.BrH/c1-31-25-8-7-18-13-22-20-15-27-26(34-17-35-27)14-19(20)9-10-29(22)16-21(18)28(25)33-12-4-11-32-24-6-3-2-5-23(24)30;/h2-3,5-8,13-16H,4,9-12,17H2,1H3;1H. The summed E-state index contributed by atoms with van der Waals surface area (Å²) < 4.78 is 31.0. The molecule has 186 valence electrons. The van der Waals surface area contributed by atoms with Gasteiger partial charge in [-0.3, -0.25) is 0 Å². The van der Waals surface area contributed by atoms with E-state index in [0.717, 1.165) is 46.7 Å². The molecule has 3 aromatic carbocycles. The highest BCUT2D eigenvalue weighted by Gasteiger charge is 2.28. The van der Waals surface area contributed by atoms with Gasteiger partial charge in [-0.05, 0) is 47.3 Å². The summed E-state index contributed by atoms with van der Waals surface area (Å²) in [6.45, 7) is 2.02. The molecule has 3 heterocycles. The molecule has 2 aliphatic heterocycles. The molecule has 1 aromatic heterocycles. The molecular formula is C28H26BrNO6. The van der Waals surface area contributed by atoms with Crippen molar-refractivity contribution in [3.8, 4) is 45.8 Å². The number of nitrogens with zero attached hydrogens (tertiary/aromatic N) is 1. The number of benzene rings is 3. The first-order valence-electron chi connectivity index (χ1n) is 11.7. The van der Waals surface area contributed by atoms with Gasteiger partial charge in [-0.2, -0.15) is 4.57 Å². The quantitative estimate of drug-likeness (QED) is 0.278. The summed E-state index contributed by atoms with van der Waals surface area (Å²) in [5.41, 5.74) is 3.58. The van der Waals surface area contributed by atoms with Crippen LogP contribution in [0.3, 0.4) is 0 Å². The summed E-state index contributed by atoms with van der Waals surface area (Å²) in [4.78, 5) is 0. The van der Waals surface area contributed by atoms with E-state index in [-0.39, 0.29) is 29.5 Å². The van der Waals surface area contributed by atoms with Crippen LogP contribution >= 0.6 is 0 Å². The van der Waals surface area contributed by atoms with Gasteiger partial charge >= 0.3 is 0 Å². The lowest BCUT2D eigenvalue weighted by Gasteiger charge is -2.18. The lowest BCUT2D eigenvalue weighted by Crippen LogP contribution is -3.00. The van der Waals surface area contributed by atoms with Gasteiger partial charge in [-0.1, -0.05) is 12.1 Å². The average Bonchev–Trinajstić information content (AvgIpc) is 3.34. The van der Waals surface area contributed by atoms with Crippen LogP contribution in [0.25, 0.3) is 22.0 Å². The molecule has 2 aliphatic rings. The Bertz CT molecular complexity index is 1420. The van der Waals surface area contributed by atoms with E-state index in [1.54, 1.807) is 25.3 Å². The number of hydrogen-bond donors (Lipinski definition) is 1. The topological polar surface area (TPSA) is 70.3 Å². The second-order valence-corrected chi connectivity index (χ2v) is 8.58. The number of fused-ring (bicyclic) bond motifs is 5. The van der Waals surface area contributed by atoms with Crippen molar-refractivity contribution in [3.05, 3.63) is 66.4 Å². The Morgan fingerprint density at radius 2 is 1.75 bits per heavy atom. The summed E-state index contributed by atoms with van der Waals surface area (Å²) in [6, 6.07) is 17.3. The van der Waals surface area contributed by atoms with Crippen molar-refractivity contribution in [2.45, 2.75) is 19.4 Å². The molecule has 0 bridgehead atoms. The van der Waals surface area contributed by atoms with Gasteiger partial charge in [0.05, 0.1) is 31.3 Å². The molecule has 0 aliphatic carbocycles. The Morgan fingerprint density at radius 1 is 0.944 bits per heavy atom. The maximum absolute atomic E-state index is 9.85. The predicted octanol–water partition coefficient (Wildman–Crippen LogP) is 1.65. The number of para-hydroxylation sites is 2. The molecule has 0 saturated carbocycles. The van der Waals surface area contributed by atoms with Gasteiger partial charge in [0.1, 0.15) is 0 Å². The highest BCUT2D eigenvalue weighted by molar-refractivity contribution is 5.91. The Morgan fingerprint density at radius 3 is 2.58 bits per heavy atom. The number of rotatable bonds is 7. The van der Waals surface area contributed by atoms with Crippen LogP contribution in [0.15, 0.2) is 60.8 Å². The molecule has 0 saturated heterocycles. The summed E-state index contributed by atoms with van der Waals surface area (Å²) in [5, 5.41) is 11.9. The van der Waals surface area contributed by atoms with Crippen LogP contribution in [-0.4, -0.2) is 32.2 Å². The number of aromatic hydroxyl groups is 1. The molecule has 0 unspecified atom stereocenters. The van der Waals surface area contributed by atoms with Crippen molar-refractivity contribution < 1.29 is 50.3 Å². The number of phenolic OH excluding ortho intramolecular Hbond substituents is 1. The average molecular weight is 552 g/mol. The number of halogens is 1. The summed E-state index contributed by atoms with van der Waals surface area (Å²) in [6.07, 6.45) is 3.72. The normalized spacial score (nSPS) is 12.9. The zero-order valence-electron chi connectivity index (χ0n) is 19.8. The molecule has 0 atom stereocenters. The summed E-state index contributed by atoms with van der Waals surface area (Å²) in [5.74, 6) is 3.64. The zero-order valence-corrected chi connectivity index (χ0v) is 21.4. The monoisotopic (exact) mass is 551 g/mol. The van der Waals surface area contributed by atoms with Crippen LogP contribution in [0.2, 0.25) is 0 Å². The third kappa shape index (κ3) is 4.37. The van der Waals surface area contributed by atoms with Crippen molar-refractivity contribution in [3.63, 3.8) is 0 Å². The van der Waals surface area contributed by atoms with Gasteiger partial charge in [-0.15, -0.1) is 0 Å². The molecule has 4 aromatic rings. The highest BCUT2D eigenvalue weighted by atomic mass is 79.9. The number of aromatic nitrogens is 1. The van der Waals surface area contributed by atoms with Gasteiger partial charge in [0.2, 0.25) is 12.5 Å². The molecule has 8 heteroatoms. The van der Waals surface area contributed by atoms with Crippen molar-refractivity contribution >= 4 is 10.8 Å². The fraction of sp³-hybridized carbons (Fsp3) is 0.250. The number of pyridine rings is 1. The van der Waals surface area contributed by atoms with Gasteiger partial charge in [0, 0.05) is 18.9 Å². The summed E-state index contributed by atoms with van der Waals surface area (Å²) in [7, 11) is 1.65. The fourth-order valence-corrected chi connectivity index (χ4v) is 4.70. The number of hydrogen-bond acceptors (Lipinski definition) is 6. The molecule has 36 heavy (non-hydrogen) atoms. The number of ether oxygens (including phenoxy) is 5. The minimum absolute atomic E-state index is 0. The lowest BCUT2D eigenvalue weighted by atomic mass is 9.95. The van der Waals surface area contributed by atoms with Crippen molar-refractivity contribution in [1.29, 1.82) is 0 Å². The Labute approximate surface area is 219 Å². The molecule has 0 spiro atoms. The van der Waals surface area contributed by atoms with E-state index in [0.29, 0.717) is 31.1 Å². The first-order chi connectivity index (χ1) is 17.2. The van der Waals surface area contributed by atoms with Crippen LogP contribution in [-0.2, 0) is 13.0 Å². The van der Waals surface area contributed by atoms with Crippen LogP contribution in [0, 0.1) is 0 Å². The van der Waals surface area contributed by atoms with Crippen molar-refractivity contribution in [2.75, 3.05) is 27.1 Å². The zero-order chi connectivity index (χ0) is 23.8.